The Balaban J connectivity index is 0. The Morgan fingerprint density at radius 2 is 0.297 bits per heavy atom. The van der Waals surface area contributed by atoms with Crippen molar-refractivity contribution >= 4 is 7.82 Å². The Hall–Kier alpha value is 0.0300. The number of hydrogen-bond acceptors (Lipinski definition) is 6. The number of phosphoric ester groups is 1. The molecule has 0 rings (SSSR count). The van der Waals surface area contributed by atoms with Gasteiger partial charge in [0.15, 0.2) is 0 Å². The first-order valence-corrected chi connectivity index (χ1v) is 49.4. The average Bonchev–Trinajstić information content (AvgIpc) is 1.06. The number of aliphatic hydroxyl groups excluding tert-OH is 1. The van der Waals surface area contributed by atoms with E-state index in [1.807, 2.05) is 0 Å². The Labute approximate surface area is 639 Å². The molecule has 7 heteroatoms. The Morgan fingerprint density at radius 3 is 0.416 bits per heavy atom. The van der Waals surface area contributed by atoms with Gasteiger partial charge in [-0.15, -0.1) is 0 Å². The summed E-state index contributed by atoms with van der Waals surface area (Å²) in [7, 11) is -3.52. The molecule has 0 spiro atoms. The smallest absolute Gasteiger partial charge is 0.395 e. The molecule has 0 radical (unpaired) electrons. The van der Waals surface area contributed by atoms with E-state index >= 15 is 0 Å². The zero-order valence-electron chi connectivity index (χ0n) is 70.9. The second kappa shape index (κ2) is 96.1. The van der Waals surface area contributed by atoms with Gasteiger partial charge in [0.2, 0.25) is 0 Å². The fourth-order valence-corrected chi connectivity index (χ4v) is 16.4. The van der Waals surface area contributed by atoms with Crippen molar-refractivity contribution in [2.75, 3.05) is 46.1 Å². The largest absolute Gasteiger partial charge is 0.474 e. The molecule has 0 bridgehead atoms. The number of hydrogen-bond donors (Lipinski definition) is 1. The van der Waals surface area contributed by atoms with Gasteiger partial charge < -0.3 is 10.0 Å². The van der Waals surface area contributed by atoms with Crippen LogP contribution in [0, 0.1) is 0 Å². The van der Waals surface area contributed by atoms with E-state index in [-0.39, 0.29) is 0 Å². The number of unbranched alkanes of at least 4 members (excludes halogenated alkanes) is 77. The fraction of sp³-hybridized carbons (Fsp3) is 1.00. The van der Waals surface area contributed by atoms with Gasteiger partial charge in [-0.05, 0) is 45.2 Å². The van der Waals surface area contributed by atoms with Crippen LogP contribution in [0.1, 0.15) is 561 Å². The molecule has 0 amide bonds. The van der Waals surface area contributed by atoms with Crippen LogP contribution in [0.15, 0.2) is 0 Å². The van der Waals surface area contributed by atoms with Crippen molar-refractivity contribution in [3.05, 3.63) is 0 Å². The summed E-state index contributed by atoms with van der Waals surface area (Å²) in [6, 6.07) is 0. The van der Waals surface area contributed by atoms with E-state index in [0.29, 0.717) is 26.4 Å². The second-order valence-electron chi connectivity index (χ2n) is 32.7. The quantitative estimate of drug-likeness (QED) is 0.0483. The van der Waals surface area contributed by atoms with Crippen molar-refractivity contribution < 1.29 is 23.2 Å². The lowest BCUT2D eigenvalue weighted by Crippen LogP contribution is -2.28. The predicted octanol–water partition coefficient (Wildman–Crippen LogP) is 34.5. The van der Waals surface area contributed by atoms with Crippen molar-refractivity contribution in [2.45, 2.75) is 561 Å². The molecule has 1 N–H and O–H groups in total. The minimum absolute atomic E-state index is 0.299. The Bertz CT molecular complexity index is 1290. The third-order valence-corrected chi connectivity index (χ3v) is 23.8. The summed E-state index contributed by atoms with van der Waals surface area (Å²) in [6.45, 7) is 16.2. The van der Waals surface area contributed by atoms with Crippen molar-refractivity contribution in [2.24, 2.45) is 0 Å². The molecule has 0 aromatic heterocycles. The number of phosphoric acid groups is 1. The van der Waals surface area contributed by atoms with Crippen LogP contribution in [0.4, 0.5) is 0 Å². The molecule has 101 heavy (non-hydrogen) atoms. The van der Waals surface area contributed by atoms with Crippen molar-refractivity contribution in [1.29, 1.82) is 0 Å². The van der Waals surface area contributed by atoms with Gasteiger partial charge in [-0.3, -0.25) is 13.6 Å². The highest BCUT2D eigenvalue weighted by Crippen LogP contribution is 2.50. The minimum Gasteiger partial charge on any atom is -0.395 e. The first kappa shape index (κ1) is 103. The van der Waals surface area contributed by atoms with Crippen LogP contribution in [0.25, 0.3) is 0 Å². The van der Waals surface area contributed by atoms with Crippen LogP contribution in [-0.4, -0.2) is 56.1 Å². The molecular weight excluding hydrogens is 1250 g/mol. The Kier molecular flexibility index (Phi) is 98.1. The van der Waals surface area contributed by atoms with E-state index in [9.17, 15) is 4.57 Å². The Morgan fingerprint density at radius 1 is 0.178 bits per heavy atom. The predicted molar refractivity (Wildman–Crippen MR) is 456 cm³/mol. The van der Waals surface area contributed by atoms with Crippen LogP contribution in [0.3, 0.4) is 0 Å². The maximum absolute atomic E-state index is 13.9. The molecule has 610 valence electrons. The van der Waals surface area contributed by atoms with E-state index in [1.54, 1.807) is 0 Å². The van der Waals surface area contributed by atoms with Gasteiger partial charge in [-0.25, -0.2) is 4.57 Å². The topological polar surface area (TPSA) is 68.2 Å². The number of rotatable bonds is 92. The van der Waals surface area contributed by atoms with E-state index in [2.05, 4.69) is 39.5 Å². The lowest BCUT2D eigenvalue weighted by Gasteiger charge is -2.20. The maximum Gasteiger partial charge on any atom is 0.474 e. The zero-order chi connectivity index (χ0) is 73.1. The van der Waals surface area contributed by atoms with Crippen molar-refractivity contribution in [3.63, 3.8) is 0 Å². The summed E-state index contributed by atoms with van der Waals surface area (Å²) in [5.74, 6) is 0. The van der Waals surface area contributed by atoms with Crippen molar-refractivity contribution in [1.82, 2.24) is 4.90 Å². The van der Waals surface area contributed by atoms with Crippen LogP contribution in [0.2, 0.25) is 0 Å². The van der Waals surface area contributed by atoms with Gasteiger partial charge in [0, 0.05) is 6.54 Å². The minimum atomic E-state index is -3.52. The van der Waals surface area contributed by atoms with E-state index in [0.717, 1.165) is 58.2 Å². The molecule has 0 fully saturated rings. The lowest BCUT2D eigenvalue weighted by atomic mass is 10.0. The zero-order valence-corrected chi connectivity index (χ0v) is 71.8. The summed E-state index contributed by atoms with van der Waals surface area (Å²) < 4.78 is 31.9. The third kappa shape index (κ3) is 94.2. The molecule has 0 atom stereocenters. The van der Waals surface area contributed by atoms with Crippen LogP contribution < -0.4 is 0 Å². The molecule has 6 nitrogen and oxygen atoms in total. The molecule has 0 aliphatic carbocycles. The highest BCUT2D eigenvalue weighted by atomic mass is 31.2. The molecule has 0 aromatic carbocycles. The third-order valence-electron chi connectivity index (χ3n) is 22.3. The molecule has 0 heterocycles. The van der Waals surface area contributed by atoms with Crippen molar-refractivity contribution in [3.8, 4) is 0 Å². The normalized spacial score (nSPS) is 11.9. The van der Waals surface area contributed by atoms with E-state index in [1.165, 1.54) is 488 Å². The van der Waals surface area contributed by atoms with Gasteiger partial charge in [-0.1, -0.05) is 529 Å². The SMILES string of the molecule is CCCCCCCCCCCCCCCCCCCCCCCCCCCCOP(=O)(OCCCCCCCCCCCCCCCCCCCCCCCCCCCC)OCCCCCCCCCCCCCCCCCCCCCCCCCCCC.CCCCN(CCO)CCCC. The van der Waals surface area contributed by atoms with Crippen LogP contribution in [0.5, 0.6) is 0 Å². The molecular formula is C94H194NO5P. The van der Waals surface area contributed by atoms with Gasteiger partial charge >= 0.3 is 7.82 Å². The van der Waals surface area contributed by atoms with Gasteiger partial charge in [-0.2, -0.15) is 0 Å². The summed E-state index contributed by atoms with van der Waals surface area (Å²) in [5, 5.41) is 8.79. The summed E-state index contributed by atoms with van der Waals surface area (Å²) >= 11 is 0. The standard InChI is InChI=1S/C84H171O4P.C10H23NO/c1-4-7-10-13-16-19-22-25-28-31-34-37-40-43-46-49-52-55-58-61-64-67-70-73-76-79-82-86-89(85,87-83-80-77-74-71-68-65-62-59-56-53-50-47-44-41-38-35-32-29-26-23-20-17-14-11-8-5-2)88-84-81-78-75-72-69-66-63-60-57-54-51-48-45-42-39-36-33-30-27-24-21-18-15-12-9-6-3;1-3-5-7-11(9-10-12)8-6-4-2/h4-84H2,1-3H3;12H,3-10H2,1-2H3. The molecule has 0 aromatic rings. The number of nitrogens with zero attached hydrogens (tertiary/aromatic N) is 1. The van der Waals surface area contributed by atoms with Gasteiger partial charge in [0.1, 0.15) is 0 Å². The molecule has 0 unspecified atom stereocenters. The lowest BCUT2D eigenvalue weighted by molar-refractivity contribution is 0.108. The fourth-order valence-electron chi connectivity index (χ4n) is 15.1. The van der Waals surface area contributed by atoms with Gasteiger partial charge in [0.05, 0.1) is 26.4 Å². The second-order valence-corrected chi connectivity index (χ2v) is 34.4. The van der Waals surface area contributed by atoms with Gasteiger partial charge in [0.25, 0.3) is 0 Å². The highest BCUT2D eigenvalue weighted by Gasteiger charge is 2.26. The summed E-state index contributed by atoms with van der Waals surface area (Å²) in [5.41, 5.74) is 0. The van der Waals surface area contributed by atoms with E-state index < -0.39 is 7.82 Å². The highest BCUT2D eigenvalue weighted by molar-refractivity contribution is 7.48. The molecule has 0 saturated carbocycles. The van der Waals surface area contributed by atoms with E-state index in [4.69, 9.17) is 18.7 Å². The molecule has 0 aliphatic rings. The summed E-state index contributed by atoms with van der Waals surface area (Å²) in [4.78, 5) is 2.35. The first-order valence-electron chi connectivity index (χ1n) is 47.9. The maximum atomic E-state index is 13.9. The monoisotopic (exact) mass is 1450 g/mol. The molecule has 0 saturated heterocycles. The van der Waals surface area contributed by atoms with Crippen LogP contribution in [-0.2, 0) is 18.1 Å². The summed E-state index contributed by atoms with van der Waals surface area (Å²) in [6.07, 6.45) is 114. The average molecular weight is 1450 g/mol. The van der Waals surface area contributed by atoms with Crippen LogP contribution >= 0.6 is 7.82 Å². The number of aliphatic hydroxyl groups is 1. The first-order chi connectivity index (χ1) is 50.0. The molecule has 0 aliphatic heterocycles.